The van der Waals surface area contributed by atoms with Gasteiger partial charge in [0.1, 0.15) is 17.4 Å². The van der Waals surface area contributed by atoms with Gasteiger partial charge < -0.3 is 9.80 Å². The van der Waals surface area contributed by atoms with Gasteiger partial charge in [0.2, 0.25) is 0 Å². The molecule has 2 rings (SSSR count). The molecule has 1 unspecified atom stereocenters. The summed E-state index contributed by atoms with van der Waals surface area (Å²) in [6.45, 7) is 2.78. The third-order valence-electron chi connectivity index (χ3n) is 3.77. The molecule has 1 heterocycles. The van der Waals surface area contributed by atoms with Crippen molar-refractivity contribution in [2.24, 2.45) is 0 Å². The van der Waals surface area contributed by atoms with Crippen molar-refractivity contribution in [2.75, 3.05) is 33.7 Å². The minimum Gasteiger partial charge on any atom is -0.304 e. The van der Waals surface area contributed by atoms with E-state index in [1.54, 1.807) is 0 Å². The minimum absolute atomic E-state index is 0.0159. The van der Waals surface area contributed by atoms with E-state index in [9.17, 15) is 13.6 Å². The smallest absolute Gasteiger partial charge is 0.138 e. The first-order valence-electron chi connectivity index (χ1n) is 6.79. The van der Waals surface area contributed by atoms with Crippen LogP contribution in [0.2, 0.25) is 0 Å². The van der Waals surface area contributed by atoms with Gasteiger partial charge in [0.05, 0.1) is 0 Å². The number of carbonyl (C=O) groups excluding carboxylic acids is 1. The van der Waals surface area contributed by atoms with E-state index in [0.29, 0.717) is 12.0 Å². The quantitative estimate of drug-likeness (QED) is 0.840. The van der Waals surface area contributed by atoms with Crippen molar-refractivity contribution in [3.8, 4) is 0 Å². The molecule has 110 valence electrons. The van der Waals surface area contributed by atoms with Crippen LogP contribution < -0.4 is 0 Å². The Balaban J connectivity index is 1.94. The third kappa shape index (κ3) is 4.08. The Hall–Kier alpha value is -1.33. The molecule has 0 spiro atoms. The summed E-state index contributed by atoms with van der Waals surface area (Å²) in [5, 5.41) is 0. The average molecular weight is 282 g/mol. The Morgan fingerprint density at radius 3 is 2.50 bits per heavy atom. The molecule has 0 bridgehead atoms. The van der Waals surface area contributed by atoms with Crippen molar-refractivity contribution >= 4 is 5.78 Å². The first-order chi connectivity index (χ1) is 9.44. The van der Waals surface area contributed by atoms with E-state index in [-0.39, 0.29) is 18.2 Å². The van der Waals surface area contributed by atoms with Crippen LogP contribution in [0, 0.1) is 11.6 Å². The largest absolute Gasteiger partial charge is 0.304 e. The van der Waals surface area contributed by atoms with E-state index in [0.717, 1.165) is 25.7 Å². The van der Waals surface area contributed by atoms with Gasteiger partial charge in [-0.1, -0.05) is 0 Å². The fourth-order valence-electron chi connectivity index (χ4n) is 2.60. The minimum atomic E-state index is -0.637. The number of likely N-dealkylation sites (N-methyl/N-ethyl adjacent to an activating group) is 2. The molecule has 0 aliphatic carbocycles. The summed E-state index contributed by atoms with van der Waals surface area (Å²) >= 11 is 0. The first-order valence-corrected chi connectivity index (χ1v) is 6.79. The highest BCUT2D eigenvalue weighted by atomic mass is 19.1. The molecule has 0 saturated carbocycles. The predicted molar refractivity (Wildman–Crippen MR) is 73.6 cm³/mol. The second kappa shape index (κ2) is 6.41. The molecule has 20 heavy (non-hydrogen) atoms. The number of rotatable bonds is 4. The van der Waals surface area contributed by atoms with Crippen LogP contribution in [-0.4, -0.2) is 55.4 Å². The Kier molecular flexibility index (Phi) is 4.83. The maximum absolute atomic E-state index is 13.1. The summed E-state index contributed by atoms with van der Waals surface area (Å²) < 4.78 is 26.2. The molecule has 0 radical (unpaired) electrons. The summed E-state index contributed by atoms with van der Waals surface area (Å²) in [7, 11) is 4.04. The zero-order valence-corrected chi connectivity index (χ0v) is 11.9. The zero-order chi connectivity index (χ0) is 14.7. The maximum Gasteiger partial charge on any atom is 0.138 e. The summed E-state index contributed by atoms with van der Waals surface area (Å²) in [5.41, 5.74) is 0.402. The number of piperazine rings is 1. The van der Waals surface area contributed by atoms with Crippen LogP contribution >= 0.6 is 0 Å². The molecule has 1 fully saturated rings. The van der Waals surface area contributed by atoms with Crippen molar-refractivity contribution in [1.82, 2.24) is 9.80 Å². The molecule has 0 amide bonds. The topological polar surface area (TPSA) is 23.6 Å². The van der Waals surface area contributed by atoms with Crippen molar-refractivity contribution in [1.29, 1.82) is 0 Å². The summed E-state index contributed by atoms with van der Waals surface area (Å²) in [4.78, 5) is 16.4. The van der Waals surface area contributed by atoms with E-state index in [1.807, 2.05) is 14.1 Å². The fourth-order valence-corrected chi connectivity index (χ4v) is 2.60. The van der Waals surface area contributed by atoms with Crippen LogP contribution in [0.3, 0.4) is 0 Å². The first kappa shape index (κ1) is 15.1. The van der Waals surface area contributed by atoms with Crippen molar-refractivity contribution in [3.63, 3.8) is 0 Å². The molecular weight excluding hydrogens is 262 g/mol. The van der Waals surface area contributed by atoms with Crippen molar-refractivity contribution in [3.05, 3.63) is 35.4 Å². The Labute approximate surface area is 118 Å². The van der Waals surface area contributed by atoms with Gasteiger partial charge in [0, 0.05) is 44.6 Å². The fraction of sp³-hybridized carbons (Fsp3) is 0.533. The molecule has 1 aliphatic heterocycles. The number of nitrogens with zero attached hydrogens (tertiary/aromatic N) is 2. The predicted octanol–water partition coefficient (Wildman–Crippen LogP) is 1.71. The van der Waals surface area contributed by atoms with Gasteiger partial charge >= 0.3 is 0 Å². The summed E-state index contributed by atoms with van der Waals surface area (Å²) in [6.07, 6.45) is 0.502. The second-order valence-corrected chi connectivity index (χ2v) is 5.59. The van der Waals surface area contributed by atoms with Gasteiger partial charge in [0.15, 0.2) is 0 Å². The number of Topliss-reactive ketones (excluding diaryl/α,β-unsaturated/α-hetero) is 1. The number of ketones is 1. The maximum atomic E-state index is 13.1. The van der Waals surface area contributed by atoms with Crippen LogP contribution in [0.25, 0.3) is 0 Å². The number of halogens is 2. The molecule has 5 heteroatoms. The molecule has 1 aliphatic rings. The number of benzene rings is 1. The molecule has 0 N–H and O–H groups in total. The van der Waals surface area contributed by atoms with Crippen LogP contribution in [0.5, 0.6) is 0 Å². The Bertz CT molecular complexity index is 473. The average Bonchev–Trinajstić information content (AvgIpc) is 2.32. The second-order valence-electron chi connectivity index (χ2n) is 5.59. The van der Waals surface area contributed by atoms with Gasteiger partial charge in [-0.25, -0.2) is 8.78 Å². The van der Waals surface area contributed by atoms with Crippen molar-refractivity contribution in [2.45, 2.75) is 18.9 Å². The molecule has 0 aromatic heterocycles. The SMILES string of the molecule is CN1CCN(C)C(CC(=O)Cc2cc(F)cc(F)c2)C1. The molecule has 1 aromatic rings. The van der Waals surface area contributed by atoms with Crippen LogP contribution in [0.15, 0.2) is 18.2 Å². The Morgan fingerprint density at radius 2 is 1.85 bits per heavy atom. The standard InChI is InChI=1S/C15H20F2N2O/c1-18-3-4-19(2)14(10-18)9-15(20)7-11-5-12(16)8-13(17)6-11/h5-6,8,14H,3-4,7,9-10H2,1-2H3. The zero-order valence-electron chi connectivity index (χ0n) is 11.9. The van der Waals surface area contributed by atoms with Gasteiger partial charge in [-0.2, -0.15) is 0 Å². The van der Waals surface area contributed by atoms with Gasteiger partial charge in [-0.05, 0) is 31.8 Å². The summed E-state index contributed by atoms with van der Waals surface area (Å²) in [5.74, 6) is -1.26. The van der Waals surface area contributed by atoms with Crippen molar-refractivity contribution < 1.29 is 13.6 Å². The van der Waals surface area contributed by atoms with E-state index in [2.05, 4.69) is 9.80 Å². The lowest BCUT2D eigenvalue weighted by Gasteiger charge is -2.37. The molecular formula is C15H20F2N2O. The molecule has 3 nitrogen and oxygen atoms in total. The van der Waals surface area contributed by atoms with Crippen LogP contribution in [-0.2, 0) is 11.2 Å². The number of carbonyl (C=O) groups is 1. The van der Waals surface area contributed by atoms with E-state index in [1.165, 1.54) is 12.1 Å². The van der Waals surface area contributed by atoms with Crippen LogP contribution in [0.1, 0.15) is 12.0 Å². The monoisotopic (exact) mass is 282 g/mol. The van der Waals surface area contributed by atoms with E-state index >= 15 is 0 Å². The number of hydrogen-bond acceptors (Lipinski definition) is 3. The van der Waals surface area contributed by atoms with Crippen LogP contribution in [0.4, 0.5) is 8.78 Å². The summed E-state index contributed by atoms with van der Waals surface area (Å²) in [6, 6.07) is 3.44. The Morgan fingerprint density at radius 1 is 1.20 bits per heavy atom. The van der Waals surface area contributed by atoms with Gasteiger partial charge in [-0.3, -0.25) is 4.79 Å². The van der Waals surface area contributed by atoms with E-state index in [4.69, 9.17) is 0 Å². The molecule has 1 saturated heterocycles. The molecule has 1 aromatic carbocycles. The van der Waals surface area contributed by atoms with Gasteiger partial charge in [-0.15, -0.1) is 0 Å². The highest BCUT2D eigenvalue weighted by Gasteiger charge is 2.24. The lowest BCUT2D eigenvalue weighted by molar-refractivity contribution is -0.120. The lowest BCUT2D eigenvalue weighted by atomic mass is 10.0. The van der Waals surface area contributed by atoms with Gasteiger partial charge in [0.25, 0.3) is 0 Å². The third-order valence-corrected chi connectivity index (χ3v) is 3.77. The normalized spacial score (nSPS) is 21.1. The molecule has 1 atom stereocenters. The highest BCUT2D eigenvalue weighted by molar-refractivity contribution is 5.81. The number of hydrogen-bond donors (Lipinski definition) is 0. The van der Waals surface area contributed by atoms with E-state index < -0.39 is 11.6 Å². The highest BCUT2D eigenvalue weighted by Crippen LogP contribution is 2.13. The lowest BCUT2D eigenvalue weighted by Crippen LogP contribution is -2.50.